The Morgan fingerprint density at radius 1 is 1.09 bits per heavy atom. The lowest BCUT2D eigenvalue weighted by atomic mass is 10.1. The maximum Gasteiger partial charge on any atom is 0.258 e. The Labute approximate surface area is 185 Å². The van der Waals surface area contributed by atoms with Crippen molar-refractivity contribution in [2.24, 2.45) is 7.05 Å². The van der Waals surface area contributed by atoms with Gasteiger partial charge >= 0.3 is 0 Å². The van der Waals surface area contributed by atoms with E-state index in [1.807, 2.05) is 43.7 Å². The minimum atomic E-state index is -0.263. The summed E-state index contributed by atoms with van der Waals surface area (Å²) in [5.74, 6) is 0.804. The summed E-state index contributed by atoms with van der Waals surface area (Å²) >= 11 is 0. The van der Waals surface area contributed by atoms with Gasteiger partial charge in [-0.2, -0.15) is 5.10 Å². The van der Waals surface area contributed by atoms with E-state index in [4.69, 9.17) is 0 Å². The minimum Gasteiger partial charge on any atom is -0.353 e. The first kappa shape index (κ1) is 20.1. The third kappa shape index (κ3) is 3.90. The number of pyridine rings is 1. The van der Waals surface area contributed by atoms with Crippen LogP contribution in [0.15, 0.2) is 55.1 Å². The lowest BCUT2D eigenvalue weighted by Crippen LogP contribution is -2.57. The average Bonchev–Trinajstić information content (AvgIpc) is 3.18. The number of amides is 1. The zero-order valence-corrected chi connectivity index (χ0v) is 18.2. The minimum absolute atomic E-state index is 0.263. The summed E-state index contributed by atoms with van der Waals surface area (Å²) in [7, 11) is 6.03. The number of benzene rings is 1. The fourth-order valence-electron chi connectivity index (χ4n) is 3.71. The predicted octanol–water partition coefficient (Wildman–Crippen LogP) is 2.43. The number of anilines is 2. The SMILES string of the molecule is CN(C)C1CN(c2cc(C(=O)Nc3ncc4ccc(-c5cnn(C)c5)cc4n3)ccn2)C1. The number of nitrogens with zero attached hydrogens (tertiary/aromatic N) is 7. The fourth-order valence-corrected chi connectivity index (χ4v) is 3.71. The van der Waals surface area contributed by atoms with Crippen LogP contribution in [-0.2, 0) is 7.05 Å². The number of rotatable bonds is 5. The van der Waals surface area contributed by atoms with Crippen molar-refractivity contribution >= 4 is 28.6 Å². The molecule has 0 aliphatic carbocycles. The third-order valence-corrected chi connectivity index (χ3v) is 5.77. The van der Waals surface area contributed by atoms with Gasteiger partial charge in [-0.25, -0.2) is 15.0 Å². The summed E-state index contributed by atoms with van der Waals surface area (Å²) in [6.45, 7) is 1.80. The van der Waals surface area contributed by atoms with E-state index in [2.05, 4.69) is 49.3 Å². The number of hydrogen-bond acceptors (Lipinski definition) is 7. The van der Waals surface area contributed by atoms with Gasteiger partial charge in [0, 0.05) is 61.3 Å². The third-order valence-electron chi connectivity index (χ3n) is 5.77. The molecule has 1 aliphatic heterocycles. The zero-order chi connectivity index (χ0) is 22.2. The van der Waals surface area contributed by atoms with Gasteiger partial charge < -0.3 is 9.80 Å². The highest BCUT2D eigenvalue weighted by molar-refractivity contribution is 6.04. The summed E-state index contributed by atoms with van der Waals surface area (Å²) in [6, 6.07) is 9.96. The van der Waals surface area contributed by atoms with Crippen LogP contribution in [0, 0.1) is 0 Å². The zero-order valence-electron chi connectivity index (χ0n) is 18.2. The lowest BCUT2D eigenvalue weighted by Gasteiger charge is -2.43. The van der Waals surface area contributed by atoms with Gasteiger partial charge in [-0.05, 0) is 37.9 Å². The molecule has 32 heavy (non-hydrogen) atoms. The maximum atomic E-state index is 12.8. The van der Waals surface area contributed by atoms with E-state index >= 15 is 0 Å². The van der Waals surface area contributed by atoms with Crippen molar-refractivity contribution in [1.29, 1.82) is 0 Å². The smallest absolute Gasteiger partial charge is 0.258 e. The Bertz CT molecular complexity index is 1290. The second kappa shape index (κ2) is 8.01. The van der Waals surface area contributed by atoms with Crippen LogP contribution in [0.1, 0.15) is 10.4 Å². The van der Waals surface area contributed by atoms with Crippen LogP contribution < -0.4 is 10.2 Å². The topological polar surface area (TPSA) is 92.1 Å². The van der Waals surface area contributed by atoms with E-state index in [1.54, 1.807) is 23.1 Å². The molecule has 1 saturated heterocycles. The molecule has 4 aromatic rings. The molecule has 0 spiro atoms. The van der Waals surface area contributed by atoms with Crippen LogP contribution in [0.25, 0.3) is 22.0 Å². The van der Waals surface area contributed by atoms with Crippen LogP contribution in [0.5, 0.6) is 0 Å². The molecule has 1 N–H and O–H groups in total. The number of carbonyl (C=O) groups excluding carboxylic acids is 1. The van der Waals surface area contributed by atoms with Crippen molar-refractivity contribution in [3.05, 3.63) is 60.7 Å². The number of carbonyl (C=O) groups is 1. The predicted molar refractivity (Wildman–Crippen MR) is 124 cm³/mol. The molecular formula is C23H24N8O. The van der Waals surface area contributed by atoms with Crippen molar-refractivity contribution in [3.63, 3.8) is 0 Å². The summed E-state index contributed by atoms with van der Waals surface area (Å²) in [4.78, 5) is 30.5. The number of hydrogen-bond donors (Lipinski definition) is 1. The molecule has 4 heterocycles. The lowest BCUT2D eigenvalue weighted by molar-refractivity contribution is 0.102. The second-order valence-electron chi connectivity index (χ2n) is 8.25. The van der Waals surface area contributed by atoms with Crippen molar-refractivity contribution in [1.82, 2.24) is 29.6 Å². The summed E-state index contributed by atoms with van der Waals surface area (Å²) in [6.07, 6.45) is 7.13. The summed E-state index contributed by atoms with van der Waals surface area (Å²) < 4.78 is 1.76. The Balaban J connectivity index is 1.34. The van der Waals surface area contributed by atoms with Crippen molar-refractivity contribution in [2.45, 2.75) is 6.04 Å². The molecule has 0 radical (unpaired) electrons. The van der Waals surface area contributed by atoms with Gasteiger partial charge in [-0.15, -0.1) is 0 Å². The fraction of sp³-hybridized carbons (Fsp3) is 0.261. The van der Waals surface area contributed by atoms with E-state index in [-0.39, 0.29) is 11.9 Å². The number of aryl methyl sites for hydroxylation is 1. The highest BCUT2D eigenvalue weighted by Gasteiger charge is 2.29. The van der Waals surface area contributed by atoms with Gasteiger partial charge in [0.05, 0.1) is 11.7 Å². The molecule has 9 heteroatoms. The molecule has 1 fully saturated rings. The van der Waals surface area contributed by atoms with E-state index in [9.17, 15) is 4.79 Å². The van der Waals surface area contributed by atoms with E-state index in [0.717, 1.165) is 40.9 Å². The van der Waals surface area contributed by atoms with Crippen LogP contribution in [0.2, 0.25) is 0 Å². The molecule has 0 unspecified atom stereocenters. The molecule has 1 aliphatic rings. The molecule has 0 bridgehead atoms. The molecule has 3 aromatic heterocycles. The van der Waals surface area contributed by atoms with Crippen LogP contribution >= 0.6 is 0 Å². The van der Waals surface area contributed by atoms with Crippen LogP contribution in [0.3, 0.4) is 0 Å². The molecule has 0 atom stereocenters. The van der Waals surface area contributed by atoms with Crippen molar-refractivity contribution < 1.29 is 4.79 Å². The normalized spacial score (nSPS) is 14.1. The first-order valence-electron chi connectivity index (χ1n) is 10.4. The Kier molecular flexibility index (Phi) is 5.02. The van der Waals surface area contributed by atoms with Gasteiger partial charge in [0.2, 0.25) is 5.95 Å². The molecule has 1 aromatic carbocycles. The van der Waals surface area contributed by atoms with Crippen LogP contribution in [0.4, 0.5) is 11.8 Å². The van der Waals surface area contributed by atoms with Gasteiger partial charge in [0.1, 0.15) is 5.82 Å². The number of fused-ring (bicyclic) bond motifs is 1. The van der Waals surface area contributed by atoms with E-state index in [1.165, 1.54) is 0 Å². The first-order valence-corrected chi connectivity index (χ1v) is 10.4. The van der Waals surface area contributed by atoms with Gasteiger partial charge in [-0.1, -0.05) is 12.1 Å². The Morgan fingerprint density at radius 2 is 1.94 bits per heavy atom. The van der Waals surface area contributed by atoms with Gasteiger partial charge in [0.15, 0.2) is 0 Å². The highest BCUT2D eigenvalue weighted by atomic mass is 16.1. The molecule has 9 nitrogen and oxygen atoms in total. The number of aromatic nitrogens is 5. The van der Waals surface area contributed by atoms with E-state index in [0.29, 0.717) is 11.6 Å². The molecule has 5 rings (SSSR count). The van der Waals surface area contributed by atoms with Crippen LogP contribution in [-0.4, -0.2) is 68.8 Å². The molecule has 162 valence electrons. The van der Waals surface area contributed by atoms with Gasteiger partial charge in [0.25, 0.3) is 5.91 Å². The standard InChI is InChI=1S/C23H24N8O/c1-29(2)19-13-31(14-19)21-9-16(6-7-24-21)22(32)28-23-25-10-17-5-4-15(8-20(17)27-23)18-11-26-30(3)12-18/h4-12,19H,13-14H2,1-3H3,(H,25,27,28,32). The van der Waals surface area contributed by atoms with Crippen molar-refractivity contribution in [2.75, 3.05) is 37.4 Å². The number of nitrogens with one attached hydrogen (secondary N) is 1. The highest BCUT2D eigenvalue weighted by Crippen LogP contribution is 2.24. The van der Waals surface area contributed by atoms with Gasteiger partial charge in [-0.3, -0.25) is 14.8 Å². The maximum absolute atomic E-state index is 12.8. The Morgan fingerprint density at radius 3 is 2.69 bits per heavy atom. The van der Waals surface area contributed by atoms with E-state index < -0.39 is 0 Å². The molecule has 1 amide bonds. The monoisotopic (exact) mass is 428 g/mol. The van der Waals surface area contributed by atoms with Crippen molar-refractivity contribution in [3.8, 4) is 11.1 Å². The second-order valence-corrected chi connectivity index (χ2v) is 8.25. The summed E-state index contributed by atoms with van der Waals surface area (Å²) in [5, 5.41) is 7.93. The average molecular weight is 429 g/mol. The quantitative estimate of drug-likeness (QED) is 0.522. The first-order chi connectivity index (χ1) is 15.5. The number of likely N-dealkylation sites (N-methyl/N-ethyl adjacent to an activating group) is 1. The largest absolute Gasteiger partial charge is 0.353 e. The molecule has 0 saturated carbocycles. The summed E-state index contributed by atoms with van der Waals surface area (Å²) in [5.41, 5.74) is 3.29. The Hall–Kier alpha value is -3.85. The molecular weight excluding hydrogens is 404 g/mol.